The molecule has 0 radical (unpaired) electrons. The summed E-state index contributed by atoms with van der Waals surface area (Å²) in [6.45, 7) is 6.66. The van der Waals surface area contributed by atoms with E-state index >= 15 is 0 Å². The van der Waals surface area contributed by atoms with E-state index in [4.69, 9.17) is 5.73 Å². The van der Waals surface area contributed by atoms with Crippen molar-refractivity contribution < 1.29 is 0 Å². The van der Waals surface area contributed by atoms with Gasteiger partial charge in [0.25, 0.3) is 0 Å². The largest absolute Gasteiger partial charge is 0.330 e. The fourth-order valence-corrected chi connectivity index (χ4v) is 3.05. The van der Waals surface area contributed by atoms with Crippen molar-refractivity contribution in [3.63, 3.8) is 0 Å². The van der Waals surface area contributed by atoms with Crippen LogP contribution in [0.3, 0.4) is 0 Å². The first-order valence-electron chi connectivity index (χ1n) is 7.40. The zero-order valence-electron chi connectivity index (χ0n) is 12.0. The Bertz CT molecular complexity index is 362. The number of rotatable bonds is 4. The number of aromatic nitrogens is 2. The number of nitrogens with two attached hydrogens (primary N) is 1. The summed E-state index contributed by atoms with van der Waals surface area (Å²) >= 11 is 0. The Morgan fingerprint density at radius 1 is 1.33 bits per heavy atom. The van der Waals surface area contributed by atoms with E-state index in [0.29, 0.717) is 12.0 Å². The number of nitrogens with zero attached hydrogens (tertiary/aromatic N) is 2. The first kappa shape index (κ1) is 13.6. The third-order valence-corrected chi connectivity index (χ3v) is 4.54. The highest BCUT2D eigenvalue weighted by Gasteiger charge is 2.24. The molecular weight excluding hydrogens is 222 g/mol. The van der Waals surface area contributed by atoms with Crippen LogP contribution in [0, 0.1) is 11.8 Å². The number of hydrogen-bond acceptors (Lipinski definition) is 2. The molecule has 2 rings (SSSR count). The Morgan fingerprint density at radius 2 is 2.00 bits per heavy atom. The summed E-state index contributed by atoms with van der Waals surface area (Å²) < 4.78 is 2.34. The van der Waals surface area contributed by atoms with Crippen LogP contribution in [-0.2, 0) is 0 Å². The van der Waals surface area contributed by atoms with Crippen molar-refractivity contribution in [3.8, 4) is 0 Å². The molecule has 3 heteroatoms. The fourth-order valence-electron chi connectivity index (χ4n) is 3.05. The standard InChI is InChI=1S/C15H27N3/c1-4-12-5-7-13(8-6-12)18-10-17-9-14(18)15(16)11(2)3/h9-13,15H,4-8,16H2,1-3H3. The average Bonchev–Trinajstić information content (AvgIpc) is 2.87. The van der Waals surface area contributed by atoms with Crippen molar-refractivity contribution in [2.75, 3.05) is 0 Å². The van der Waals surface area contributed by atoms with Gasteiger partial charge in [0.1, 0.15) is 0 Å². The molecule has 1 unspecified atom stereocenters. The molecule has 2 N–H and O–H groups in total. The van der Waals surface area contributed by atoms with Gasteiger partial charge >= 0.3 is 0 Å². The van der Waals surface area contributed by atoms with E-state index in [0.717, 1.165) is 5.92 Å². The lowest BCUT2D eigenvalue weighted by atomic mass is 9.84. The molecule has 1 saturated carbocycles. The van der Waals surface area contributed by atoms with E-state index in [-0.39, 0.29) is 6.04 Å². The SMILES string of the molecule is CCC1CCC(n2cncc2C(N)C(C)C)CC1. The van der Waals surface area contributed by atoms with Gasteiger partial charge in [-0.25, -0.2) is 4.98 Å². The summed E-state index contributed by atoms with van der Waals surface area (Å²) in [4.78, 5) is 4.32. The topological polar surface area (TPSA) is 43.8 Å². The normalized spacial score (nSPS) is 26.5. The van der Waals surface area contributed by atoms with E-state index in [9.17, 15) is 0 Å². The molecular formula is C15H27N3. The summed E-state index contributed by atoms with van der Waals surface area (Å²) in [7, 11) is 0. The molecule has 0 aliphatic heterocycles. The molecule has 0 bridgehead atoms. The van der Waals surface area contributed by atoms with E-state index in [1.54, 1.807) is 0 Å². The molecule has 18 heavy (non-hydrogen) atoms. The van der Waals surface area contributed by atoms with Gasteiger partial charge in [0.2, 0.25) is 0 Å². The summed E-state index contributed by atoms with van der Waals surface area (Å²) in [6, 6.07) is 0.728. The van der Waals surface area contributed by atoms with Crippen molar-refractivity contribution in [1.82, 2.24) is 9.55 Å². The second-order valence-corrected chi connectivity index (χ2v) is 6.08. The second kappa shape index (κ2) is 5.87. The van der Waals surface area contributed by atoms with Gasteiger partial charge in [0.05, 0.1) is 12.0 Å². The highest BCUT2D eigenvalue weighted by molar-refractivity contribution is 5.07. The minimum atomic E-state index is 0.108. The number of hydrogen-bond donors (Lipinski definition) is 1. The van der Waals surface area contributed by atoms with Gasteiger partial charge in [-0.2, -0.15) is 0 Å². The smallest absolute Gasteiger partial charge is 0.0951 e. The molecule has 0 saturated heterocycles. The quantitative estimate of drug-likeness (QED) is 0.884. The summed E-state index contributed by atoms with van der Waals surface area (Å²) in [5.74, 6) is 1.40. The van der Waals surface area contributed by atoms with Gasteiger partial charge in [-0.3, -0.25) is 0 Å². The summed E-state index contributed by atoms with van der Waals surface area (Å²) in [5, 5.41) is 0. The van der Waals surface area contributed by atoms with Crippen LogP contribution in [0.4, 0.5) is 0 Å². The lowest BCUT2D eigenvalue weighted by Gasteiger charge is -2.31. The molecule has 0 aromatic carbocycles. The van der Waals surface area contributed by atoms with Crippen molar-refractivity contribution in [3.05, 3.63) is 18.2 Å². The predicted octanol–water partition coefficient (Wildman–Crippen LogP) is 3.68. The molecule has 1 heterocycles. The first-order chi connectivity index (χ1) is 8.63. The van der Waals surface area contributed by atoms with Crippen molar-refractivity contribution in [1.29, 1.82) is 0 Å². The predicted molar refractivity (Wildman–Crippen MR) is 75.3 cm³/mol. The Balaban J connectivity index is 2.08. The molecule has 1 aromatic heterocycles. The van der Waals surface area contributed by atoms with Crippen LogP contribution < -0.4 is 5.73 Å². The maximum Gasteiger partial charge on any atom is 0.0951 e. The fraction of sp³-hybridized carbons (Fsp3) is 0.800. The van der Waals surface area contributed by atoms with Crippen LogP contribution >= 0.6 is 0 Å². The molecule has 1 fully saturated rings. The molecule has 0 spiro atoms. The van der Waals surface area contributed by atoms with E-state index in [2.05, 4.69) is 30.3 Å². The van der Waals surface area contributed by atoms with Crippen LogP contribution in [0.1, 0.15) is 70.7 Å². The van der Waals surface area contributed by atoms with Crippen LogP contribution in [0.5, 0.6) is 0 Å². The lowest BCUT2D eigenvalue weighted by Crippen LogP contribution is -2.24. The van der Waals surface area contributed by atoms with Crippen molar-refractivity contribution in [2.45, 2.75) is 65.0 Å². The van der Waals surface area contributed by atoms with Gasteiger partial charge < -0.3 is 10.3 Å². The molecule has 1 aliphatic carbocycles. The highest BCUT2D eigenvalue weighted by Crippen LogP contribution is 2.35. The van der Waals surface area contributed by atoms with Crippen LogP contribution in [-0.4, -0.2) is 9.55 Å². The maximum atomic E-state index is 6.28. The Morgan fingerprint density at radius 3 is 2.56 bits per heavy atom. The molecule has 0 amide bonds. The van der Waals surface area contributed by atoms with Crippen LogP contribution in [0.2, 0.25) is 0 Å². The van der Waals surface area contributed by atoms with Crippen molar-refractivity contribution >= 4 is 0 Å². The third kappa shape index (κ3) is 2.77. The zero-order chi connectivity index (χ0) is 13.1. The number of imidazole rings is 1. The minimum absolute atomic E-state index is 0.108. The molecule has 1 aliphatic rings. The minimum Gasteiger partial charge on any atom is -0.330 e. The Kier molecular flexibility index (Phi) is 4.44. The monoisotopic (exact) mass is 249 g/mol. The van der Waals surface area contributed by atoms with E-state index < -0.39 is 0 Å². The zero-order valence-corrected chi connectivity index (χ0v) is 12.0. The Hall–Kier alpha value is -0.830. The van der Waals surface area contributed by atoms with Gasteiger partial charge in [-0.1, -0.05) is 27.2 Å². The maximum absolute atomic E-state index is 6.28. The van der Waals surface area contributed by atoms with Crippen LogP contribution in [0.25, 0.3) is 0 Å². The summed E-state index contributed by atoms with van der Waals surface area (Å²) in [6.07, 6.45) is 10.5. The highest BCUT2D eigenvalue weighted by atomic mass is 15.1. The van der Waals surface area contributed by atoms with Crippen molar-refractivity contribution in [2.24, 2.45) is 17.6 Å². The van der Waals surface area contributed by atoms with Gasteiger partial charge in [-0.15, -0.1) is 0 Å². The third-order valence-electron chi connectivity index (χ3n) is 4.54. The van der Waals surface area contributed by atoms with Gasteiger partial charge in [0.15, 0.2) is 0 Å². The molecule has 3 nitrogen and oxygen atoms in total. The molecule has 102 valence electrons. The van der Waals surface area contributed by atoms with Crippen LogP contribution in [0.15, 0.2) is 12.5 Å². The van der Waals surface area contributed by atoms with E-state index in [1.807, 2.05) is 12.5 Å². The lowest BCUT2D eigenvalue weighted by molar-refractivity contribution is 0.262. The first-order valence-corrected chi connectivity index (χ1v) is 7.40. The van der Waals surface area contributed by atoms with Gasteiger partial charge in [0, 0.05) is 18.3 Å². The average molecular weight is 249 g/mol. The van der Waals surface area contributed by atoms with Gasteiger partial charge in [-0.05, 0) is 37.5 Å². The summed E-state index contributed by atoms with van der Waals surface area (Å²) in [5.41, 5.74) is 7.50. The second-order valence-electron chi connectivity index (χ2n) is 6.08. The van der Waals surface area contributed by atoms with E-state index in [1.165, 1.54) is 37.8 Å². The molecule has 1 atom stereocenters. The Labute approximate surface area is 111 Å². The molecule has 1 aromatic rings.